The quantitative estimate of drug-likeness (QED) is 0.502. The Balaban J connectivity index is 2.53. The van der Waals surface area contributed by atoms with E-state index < -0.39 is 0 Å². The molecule has 0 aliphatic heterocycles. The molecule has 0 amide bonds. The van der Waals surface area contributed by atoms with Crippen LogP contribution in [0.25, 0.3) is 0 Å². The zero-order chi connectivity index (χ0) is 17.6. The molecule has 128 valence electrons. The molecular formula is C19H28O4. The number of carbonyl (C=O) groups is 3. The van der Waals surface area contributed by atoms with Crippen LogP contribution in [0, 0.1) is 5.92 Å². The summed E-state index contributed by atoms with van der Waals surface area (Å²) in [5.41, 5.74) is 2.33. The van der Waals surface area contributed by atoms with E-state index in [-0.39, 0.29) is 17.5 Å². The van der Waals surface area contributed by atoms with Crippen LogP contribution in [0.5, 0.6) is 0 Å². The fraction of sp³-hybridized carbons (Fsp3) is 0.632. The normalized spacial score (nSPS) is 16.9. The van der Waals surface area contributed by atoms with Crippen LogP contribution in [0.15, 0.2) is 22.3 Å². The van der Waals surface area contributed by atoms with Crippen LogP contribution in [-0.2, 0) is 19.1 Å². The predicted molar refractivity (Wildman–Crippen MR) is 90.0 cm³/mol. The summed E-state index contributed by atoms with van der Waals surface area (Å²) < 4.78 is 5.06. The maximum absolute atomic E-state index is 12.3. The summed E-state index contributed by atoms with van der Waals surface area (Å²) in [5.74, 6) is 0.120. The Morgan fingerprint density at radius 2 is 1.61 bits per heavy atom. The van der Waals surface area contributed by atoms with Crippen LogP contribution in [-0.4, -0.2) is 24.1 Å². The number of esters is 1. The molecule has 1 atom stereocenters. The first-order valence-corrected chi connectivity index (χ1v) is 8.41. The second kappa shape index (κ2) is 8.80. The second-order valence-electron chi connectivity index (χ2n) is 6.41. The molecule has 1 aliphatic rings. The molecule has 0 fully saturated rings. The summed E-state index contributed by atoms with van der Waals surface area (Å²) in [6, 6.07) is 0. The first-order valence-electron chi connectivity index (χ1n) is 8.41. The van der Waals surface area contributed by atoms with Gasteiger partial charge in [-0.1, -0.05) is 13.8 Å². The van der Waals surface area contributed by atoms with Crippen LogP contribution in [0.2, 0.25) is 0 Å². The predicted octanol–water partition coefficient (Wildman–Crippen LogP) is 3.94. The molecule has 0 saturated carbocycles. The summed E-state index contributed by atoms with van der Waals surface area (Å²) in [6.45, 7) is 9.66. The number of hydrogen-bond acceptors (Lipinski definition) is 4. The van der Waals surface area contributed by atoms with Gasteiger partial charge in [0.1, 0.15) is 0 Å². The van der Waals surface area contributed by atoms with Gasteiger partial charge in [-0.3, -0.25) is 14.4 Å². The standard InChI is InChI=1S/C19H28O4/c1-6-11-23-17(20)10-8-12(2)7-9-16-15(5)18(21)13(3)14(4)19(16)22/h12H,6-11H2,1-5H3. The summed E-state index contributed by atoms with van der Waals surface area (Å²) in [6.07, 6.45) is 3.36. The van der Waals surface area contributed by atoms with Crippen molar-refractivity contribution in [1.82, 2.24) is 0 Å². The third-order valence-electron chi connectivity index (χ3n) is 4.51. The third kappa shape index (κ3) is 5.15. The zero-order valence-electron chi connectivity index (χ0n) is 15.0. The van der Waals surface area contributed by atoms with Crippen LogP contribution in [0.3, 0.4) is 0 Å². The number of allylic oxidation sites excluding steroid dienone is 4. The van der Waals surface area contributed by atoms with E-state index in [4.69, 9.17) is 4.74 Å². The van der Waals surface area contributed by atoms with Crippen molar-refractivity contribution in [3.8, 4) is 0 Å². The third-order valence-corrected chi connectivity index (χ3v) is 4.51. The van der Waals surface area contributed by atoms with Crippen molar-refractivity contribution in [2.24, 2.45) is 5.92 Å². The van der Waals surface area contributed by atoms with Gasteiger partial charge >= 0.3 is 5.97 Å². The first-order chi connectivity index (χ1) is 10.8. The molecule has 0 saturated heterocycles. The number of Topliss-reactive ketones (excluding diaryl/α,β-unsaturated/α-hetero) is 2. The number of carbonyl (C=O) groups excluding carboxylic acids is 3. The van der Waals surface area contributed by atoms with Crippen molar-refractivity contribution in [3.05, 3.63) is 22.3 Å². The largest absolute Gasteiger partial charge is 0.466 e. The molecule has 0 aromatic heterocycles. The molecule has 0 bridgehead atoms. The van der Waals surface area contributed by atoms with Gasteiger partial charge in [-0.05, 0) is 52.4 Å². The lowest BCUT2D eigenvalue weighted by atomic mass is 9.83. The average Bonchev–Trinajstić information content (AvgIpc) is 2.54. The topological polar surface area (TPSA) is 60.4 Å². The van der Waals surface area contributed by atoms with Gasteiger partial charge in [-0.2, -0.15) is 0 Å². The van der Waals surface area contributed by atoms with E-state index in [1.165, 1.54) is 0 Å². The van der Waals surface area contributed by atoms with Crippen molar-refractivity contribution < 1.29 is 19.1 Å². The van der Waals surface area contributed by atoms with E-state index in [9.17, 15) is 14.4 Å². The van der Waals surface area contributed by atoms with E-state index >= 15 is 0 Å². The highest BCUT2D eigenvalue weighted by atomic mass is 16.5. The van der Waals surface area contributed by atoms with E-state index in [2.05, 4.69) is 6.92 Å². The summed E-state index contributed by atoms with van der Waals surface area (Å²) in [5, 5.41) is 0. The molecule has 1 aliphatic carbocycles. The Morgan fingerprint density at radius 1 is 1.00 bits per heavy atom. The summed E-state index contributed by atoms with van der Waals surface area (Å²) in [4.78, 5) is 36.0. The lowest BCUT2D eigenvalue weighted by Gasteiger charge is -2.20. The monoisotopic (exact) mass is 320 g/mol. The van der Waals surface area contributed by atoms with Gasteiger partial charge in [-0.25, -0.2) is 0 Å². The number of ketones is 2. The molecule has 4 heteroatoms. The van der Waals surface area contributed by atoms with Crippen molar-refractivity contribution >= 4 is 17.5 Å². The van der Waals surface area contributed by atoms with E-state index in [1.807, 2.05) is 6.92 Å². The Labute approximate surface area is 139 Å². The molecule has 0 spiro atoms. The number of hydrogen-bond donors (Lipinski definition) is 0. The van der Waals surface area contributed by atoms with Gasteiger partial charge < -0.3 is 4.74 Å². The molecule has 0 aromatic carbocycles. The minimum Gasteiger partial charge on any atom is -0.466 e. The Kier molecular flexibility index (Phi) is 7.40. The van der Waals surface area contributed by atoms with Crippen molar-refractivity contribution in [1.29, 1.82) is 0 Å². The molecule has 0 aromatic rings. The Bertz CT molecular complexity index is 552. The second-order valence-corrected chi connectivity index (χ2v) is 6.41. The summed E-state index contributed by atoms with van der Waals surface area (Å²) >= 11 is 0. The molecule has 23 heavy (non-hydrogen) atoms. The maximum atomic E-state index is 12.3. The smallest absolute Gasteiger partial charge is 0.305 e. The molecule has 4 nitrogen and oxygen atoms in total. The molecule has 0 radical (unpaired) electrons. The number of rotatable bonds is 8. The van der Waals surface area contributed by atoms with Crippen molar-refractivity contribution in [3.63, 3.8) is 0 Å². The van der Waals surface area contributed by atoms with Crippen LogP contribution in [0.1, 0.15) is 66.7 Å². The fourth-order valence-electron chi connectivity index (χ4n) is 2.64. The first kappa shape index (κ1) is 19.3. The lowest BCUT2D eigenvalue weighted by Crippen LogP contribution is -2.21. The zero-order valence-corrected chi connectivity index (χ0v) is 15.0. The molecule has 0 heterocycles. The van der Waals surface area contributed by atoms with Crippen molar-refractivity contribution in [2.75, 3.05) is 6.61 Å². The SMILES string of the molecule is CCCOC(=O)CCC(C)CCC1=C(C)C(=O)C(C)=C(C)C1=O. The van der Waals surface area contributed by atoms with Gasteiger partial charge in [0.25, 0.3) is 0 Å². The summed E-state index contributed by atoms with van der Waals surface area (Å²) in [7, 11) is 0. The molecule has 0 N–H and O–H groups in total. The minimum atomic E-state index is -0.160. The van der Waals surface area contributed by atoms with Gasteiger partial charge in [0.05, 0.1) is 6.61 Å². The number of ether oxygens (including phenoxy) is 1. The van der Waals surface area contributed by atoms with Crippen LogP contribution >= 0.6 is 0 Å². The maximum Gasteiger partial charge on any atom is 0.305 e. The minimum absolute atomic E-state index is 0.00541. The molecule has 1 unspecified atom stereocenters. The van der Waals surface area contributed by atoms with Gasteiger partial charge in [0.2, 0.25) is 0 Å². The highest BCUT2D eigenvalue weighted by Gasteiger charge is 2.27. The molecule has 1 rings (SSSR count). The van der Waals surface area contributed by atoms with Crippen LogP contribution < -0.4 is 0 Å². The van der Waals surface area contributed by atoms with Gasteiger partial charge in [0.15, 0.2) is 11.6 Å². The average molecular weight is 320 g/mol. The van der Waals surface area contributed by atoms with Crippen LogP contribution in [0.4, 0.5) is 0 Å². The van der Waals surface area contributed by atoms with E-state index in [1.54, 1.807) is 20.8 Å². The highest BCUT2D eigenvalue weighted by Crippen LogP contribution is 2.28. The van der Waals surface area contributed by atoms with E-state index in [0.29, 0.717) is 47.7 Å². The Hall–Kier alpha value is -1.71. The van der Waals surface area contributed by atoms with Crippen molar-refractivity contribution in [2.45, 2.75) is 66.7 Å². The highest BCUT2D eigenvalue weighted by molar-refractivity contribution is 6.24. The lowest BCUT2D eigenvalue weighted by molar-refractivity contribution is -0.144. The fourth-order valence-corrected chi connectivity index (χ4v) is 2.64. The van der Waals surface area contributed by atoms with Gasteiger partial charge in [0, 0.05) is 28.7 Å². The van der Waals surface area contributed by atoms with E-state index in [0.717, 1.165) is 19.3 Å². The molecular weight excluding hydrogens is 292 g/mol. The van der Waals surface area contributed by atoms with Gasteiger partial charge in [-0.15, -0.1) is 0 Å². The Morgan fingerprint density at radius 3 is 2.22 bits per heavy atom.